The first-order valence-electron chi connectivity index (χ1n) is 7.61. The molecule has 0 unspecified atom stereocenters. The molecule has 0 radical (unpaired) electrons. The highest BCUT2D eigenvalue weighted by molar-refractivity contribution is 7.15. The van der Waals surface area contributed by atoms with Gasteiger partial charge in [-0.2, -0.15) is 13.2 Å². The number of aromatic nitrogens is 1. The fourth-order valence-electron chi connectivity index (χ4n) is 2.50. The van der Waals surface area contributed by atoms with E-state index in [-0.39, 0.29) is 29.2 Å². The maximum atomic E-state index is 13.9. The maximum absolute atomic E-state index is 13.9. The van der Waals surface area contributed by atoms with Gasteiger partial charge >= 0.3 is 6.18 Å². The summed E-state index contributed by atoms with van der Waals surface area (Å²) in [4.78, 5) is 4.76. The summed E-state index contributed by atoms with van der Waals surface area (Å²) in [7, 11) is 0. The molecule has 0 atom stereocenters. The predicted octanol–water partition coefficient (Wildman–Crippen LogP) is 5.91. The maximum Gasteiger partial charge on any atom is 0.416 e. The van der Waals surface area contributed by atoms with Gasteiger partial charge in [-0.25, -0.2) is 9.37 Å². The van der Waals surface area contributed by atoms with Gasteiger partial charge in [0.15, 0.2) is 0 Å². The number of nitrogens with zero attached hydrogens (tertiary/aromatic N) is 1. The van der Waals surface area contributed by atoms with Gasteiger partial charge in [-0.05, 0) is 23.8 Å². The molecule has 0 aliphatic carbocycles. The minimum atomic E-state index is -4.39. The third-order valence-electron chi connectivity index (χ3n) is 3.68. The normalized spacial score (nSPS) is 11.7. The largest absolute Gasteiger partial charge is 0.416 e. The minimum absolute atomic E-state index is 0.0467. The van der Waals surface area contributed by atoms with Crippen molar-refractivity contribution in [3.8, 4) is 10.4 Å². The predicted molar refractivity (Wildman–Crippen MR) is 94.5 cm³/mol. The monoisotopic (exact) mass is 400 g/mol. The highest BCUT2D eigenvalue weighted by atomic mass is 35.5. The lowest BCUT2D eigenvalue weighted by Gasteiger charge is -2.12. The van der Waals surface area contributed by atoms with Crippen molar-refractivity contribution < 1.29 is 17.6 Å². The van der Waals surface area contributed by atoms with Gasteiger partial charge in [0, 0.05) is 24.8 Å². The number of hydrogen-bond acceptors (Lipinski definition) is 3. The fourth-order valence-corrected chi connectivity index (χ4v) is 3.77. The lowest BCUT2D eigenvalue weighted by atomic mass is 10.1. The van der Waals surface area contributed by atoms with E-state index in [9.17, 15) is 17.6 Å². The molecule has 0 saturated heterocycles. The van der Waals surface area contributed by atoms with Crippen molar-refractivity contribution in [3.63, 3.8) is 0 Å². The van der Waals surface area contributed by atoms with Gasteiger partial charge in [-0.15, -0.1) is 11.3 Å². The van der Waals surface area contributed by atoms with Crippen molar-refractivity contribution in [2.75, 3.05) is 0 Å². The summed E-state index contributed by atoms with van der Waals surface area (Å²) in [5.41, 5.74) is -0.222. The molecular weight excluding hydrogens is 388 g/mol. The Bertz CT molecular complexity index is 888. The molecule has 3 aromatic rings. The van der Waals surface area contributed by atoms with Crippen LogP contribution in [0, 0.1) is 5.82 Å². The molecule has 0 aliphatic rings. The second-order valence-corrected chi connectivity index (χ2v) is 7.00. The lowest BCUT2D eigenvalue weighted by molar-refractivity contribution is -0.138. The molecule has 0 fully saturated rings. The van der Waals surface area contributed by atoms with Crippen molar-refractivity contribution in [1.82, 2.24) is 10.3 Å². The third-order valence-corrected chi connectivity index (χ3v) is 5.01. The molecule has 3 rings (SSSR count). The first kappa shape index (κ1) is 18.8. The van der Waals surface area contributed by atoms with Crippen molar-refractivity contribution in [3.05, 3.63) is 75.6 Å². The molecule has 2 nitrogen and oxygen atoms in total. The van der Waals surface area contributed by atoms with Crippen molar-refractivity contribution in [1.29, 1.82) is 0 Å². The molecule has 1 N–H and O–H groups in total. The van der Waals surface area contributed by atoms with Crippen LogP contribution in [0.4, 0.5) is 17.6 Å². The van der Waals surface area contributed by atoms with Gasteiger partial charge in [0.2, 0.25) is 0 Å². The van der Waals surface area contributed by atoms with Crippen LogP contribution in [-0.2, 0) is 19.3 Å². The number of alkyl halides is 3. The van der Waals surface area contributed by atoms with Crippen molar-refractivity contribution in [2.45, 2.75) is 19.3 Å². The van der Waals surface area contributed by atoms with Crippen LogP contribution in [0.2, 0.25) is 5.02 Å². The molecule has 0 amide bonds. The Kier molecular flexibility index (Phi) is 5.60. The van der Waals surface area contributed by atoms with Crippen LogP contribution < -0.4 is 5.32 Å². The summed E-state index contributed by atoms with van der Waals surface area (Å²) >= 11 is 7.27. The van der Waals surface area contributed by atoms with Gasteiger partial charge in [0.1, 0.15) is 10.8 Å². The zero-order chi connectivity index (χ0) is 18.7. The molecule has 2 aromatic carbocycles. The van der Waals surface area contributed by atoms with Crippen molar-refractivity contribution >= 4 is 22.9 Å². The highest BCUT2D eigenvalue weighted by Crippen LogP contribution is 2.34. The van der Waals surface area contributed by atoms with E-state index in [1.165, 1.54) is 41.8 Å². The average molecular weight is 401 g/mol. The minimum Gasteiger partial charge on any atom is -0.306 e. The second kappa shape index (κ2) is 7.73. The number of hydrogen-bond donors (Lipinski definition) is 1. The fraction of sp³-hybridized carbons (Fsp3) is 0.167. The Hall–Kier alpha value is -1.96. The molecular formula is C18H13ClF4N2S. The third kappa shape index (κ3) is 4.23. The van der Waals surface area contributed by atoms with E-state index in [0.29, 0.717) is 9.88 Å². The summed E-state index contributed by atoms with van der Waals surface area (Å²) in [5, 5.41) is 3.86. The van der Waals surface area contributed by atoms with Gasteiger partial charge in [-0.1, -0.05) is 35.9 Å². The second-order valence-electron chi connectivity index (χ2n) is 5.47. The van der Waals surface area contributed by atoms with Crippen LogP contribution in [0.5, 0.6) is 0 Å². The van der Waals surface area contributed by atoms with Gasteiger partial charge in [0.25, 0.3) is 0 Å². The average Bonchev–Trinajstić information content (AvgIpc) is 3.03. The molecule has 8 heteroatoms. The van der Waals surface area contributed by atoms with E-state index >= 15 is 0 Å². The number of thiazole rings is 1. The number of benzene rings is 2. The summed E-state index contributed by atoms with van der Waals surface area (Å²) in [6.45, 7) is 0.313. The molecule has 1 heterocycles. The molecule has 0 bridgehead atoms. The van der Waals surface area contributed by atoms with Gasteiger partial charge in [-0.3, -0.25) is 0 Å². The Balaban J connectivity index is 1.69. The zero-order valence-electron chi connectivity index (χ0n) is 13.3. The molecule has 26 heavy (non-hydrogen) atoms. The Morgan fingerprint density at radius 1 is 1.04 bits per heavy atom. The first-order chi connectivity index (χ1) is 12.4. The first-order valence-corrected chi connectivity index (χ1v) is 8.80. The van der Waals surface area contributed by atoms with E-state index in [4.69, 9.17) is 11.6 Å². The van der Waals surface area contributed by atoms with E-state index in [2.05, 4.69) is 10.3 Å². The number of rotatable bonds is 5. The van der Waals surface area contributed by atoms with E-state index < -0.39 is 17.6 Å². The number of halogens is 5. The smallest absolute Gasteiger partial charge is 0.306 e. The van der Waals surface area contributed by atoms with Crippen LogP contribution >= 0.6 is 22.9 Å². The van der Waals surface area contributed by atoms with Gasteiger partial charge < -0.3 is 5.32 Å². The molecule has 0 spiro atoms. The summed E-state index contributed by atoms with van der Waals surface area (Å²) in [6, 6.07) is 9.83. The topological polar surface area (TPSA) is 24.9 Å². The van der Waals surface area contributed by atoms with Crippen LogP contribution in [-0.4, -0.2) is 4.98 Å². The van der Waals surface area contributed by atoms with Crippen LogP contribution in [0.3, 0.4) is 0 Å². The van der Waals surface area contributed by atoms with Crippen LogP contribution in [0.1, 0.15) is 16.1 Å². The van der Waals surface area contributed by atoms with E-state index in [1.807, 2.05) is 0 Å². The Morgan fingerprint density at radius 3 is 2.54 bits per heavy atom. The summed E-state index contributed by atoms with van der Waals surface area (Å²) in [5.74, 6) is -0.445. The van der Waals surface area contributed by atoms with Crippen LogP contribution in [0.25, 0.3) is 10.4 Å². The van der Waals surface area contributed by atoms with Gasteiger partial charge in [0.05, 0.1) is 15.5 Å². The standard InChI is InChI=1S/C18H13ClF4N2S/c19-13-6-3-7-14(20)17(13)15-9-25-16(26-15)10-24-8-11-4-1-2-5-12(11)18(21,22)23/h1-7,9,24H,8,10H2. The van der Waals surface area contributed by atoms with E-state index in [0.717, 1.165) is 6.07 Å². The van der Waals surface area contributed by atoms with E-state index in [1.54, 1.807) is 12.1 Å². The molecule has 136 valence electrons. The SMILES string of the molecule is Fc1cccc(Cl)c1-c1cnc(CNCc2ccccc2C(F)(F)F)s1. The quantitative estimate of drug-likeness (QED) is 0.538. The molecule has 1 aromatic heterocycles. The highest BCUT2D eigenvalue weighted by Gasteiger charge is 2.32. The van der Waals surface area contributed by atoms with Crippen molar-refractivity contribution in [2.24, 2.45) is 0 Å². The Labute approximate surface area is 156 Å². The lowest BCUT2D eigenvalue weighted by Crippen LogP contribution is -2.17. The Morgan fingerprint density at radius 2 is 1.81 bits per heavy atom. The summed E-state index contributed by atoms with van der Waals surface area (Å²) in [6.07, 6.45) is -2.89. The molecule has 0 aliphatic heterocycles. The number of nitrogens with one attached hydrogen (secondary N) is 1. The molecule has 0 saturated carbocycles. The zero-order valence-corrected chi connectivity index (χ0v) is 14.9. The summed E-state index contributed by atoms with van der Waals surface area (Å²) < 4.78 is 52.9. The van der Waals surface area contributed by atoms with Crippen LogP contribution in [0.15, 0.2) is 48.7 Å².